The minimum absolute atomic E-state index is 0.0736. The molecule has 9 heteroatoms. The number of halogens is 3. The number of para-hydroxylation sites is 1. The molecule has 0 saturated heterocycles. The lowest BCUT2D eigenvalue weighted by Gasteiger charge is -2.23. The van der Waals surface area contributed by atoms with Crippen LogP contribution in [0.3, 0.4) is 0 Å². The molecule has 144 valence electrons. The van der Waals surface area contributed by atoms with E-state index in [1.165, 1.54) is 12.1 Å². The monoisotopic (exact) mass is 406 g/mol. The van der Waals surface area contributed by atoms with Gasteiger partial charge in [-0.15, -0.1) is 0 Å². The summed E-state index contributed by atoms with van der Waals surface area (Å²) in [7, 11) is -4.41. The Hall–Kier alpha value is -3.17. The van der Waals surface area contributed by atoms with Crippen LogP contribution in [0.25, 0.3) is 0 Å². The van der Waals surface area contributed by atoms with E-state index in [-0.39, 0.29) is 11.4 Å². The van der Waals surface area contributed by atoms with Crippen molar-refractivity contribution in [3.8, 4) is 0 Å². The van der Waals surface area contributed by atoms with Gasteiger partial charge in [-0.25, -0.2) is 26.7 Å². The molecule has 0 bridgehead atoms. The van der Waals surface area contributed by atoms with Crippen molar-refractivity contribution in [3.63, 3.8) is 0 Å². The average Bonchev–Trinajstić information content (AvgIpc) is 2.65. The van der Waals surface area contributed by atoms with Crippen molar-refractivity contribution in [2.24, 2.45) is 5.14 Å². The molecule has 0 heterocycles. The van der Waals surface area contributed by atoms with E-state index >= 15 is 0 Å². The fourth-order valence-electron chi connectivity index (χ4n) is 2.60. The van der Waals surface area contributed by atoms with E-state index in [9.17, 15) is 26.4 Å². The van der Waals surface area contributed by atoms with Crippen molar-refractivity contribution < 1.29 is 26.4 Å². The summed E-state index contributed by atoms with van der Waals surface area (Å²) in [5.41, 5.74) is -0.436. The minimum atomic E-state index is -4.41. The molecule has 5 nitrogen and oxygen atoms in total. The topological polar surface area (TPSA) is 80.5 Å². The molecule has 0 aliphatic rings. The number of nitrogens with two attached hydrogens (primary N) is 1. The maximum Gasteiger partial charge on any atom is 0.265 e. The van der Waals surface area contributed by atoms with Crippen LogP contribution in [0.2, 0.25) is 0 Å². The van der Waals surface area contributed by atoms with Gasteiger partial charge in [0.1, 0.15) is 4.90 Å². The Morgan fingerprint density at radius 3 is 2.11 bits per heavy atom. The third-order valence-electron chi connectivity index (χ3n) is 3.88. The third-order valence-corrected chi connectivity index (χ3v) is 4.81. The second kappa shape index (κ2) is 7.45. The van der Waals surface area contributed by atoms with Crippen LogP contribution in [-0.4, -0.2) is 14.3 Å². The van der Waals surface area contributed by atoms with Gasteiger partial charge in [0.15, 0.2) is 17.5 Å². The Morgan fingerprint density at radius 2 is 1.50 bits per heavy atom. The van der Waals surface area contributed by atoms with Gasteiger partial charge in [-0.3, -0.25) is 9.69 Å². The number of carbonyl (C=O) groups is 1. The third kappa shape index (κ3) is 3.75. The molecule has 28 heavy (non-hydrogen) atoms. The van der Waals surface area contributed by atoms with Crippen molar-refractivity contribution in [3.05, 3.63) is 89.7 Å². The van der Waals surface area contributed by atoms with Gasteiger partial charge in [0.25, 0.3) is 5.91 Å². The van der Waals surface area contributed by atoms with Crippen LogP contribution in [0.5, 0.6) is 0 Å². The van der Waals surface area contributed by atoms with E-state index in [0.29, 0.717) is 0 Å². The number of sulfonamides is 1. The first-order chi connectivity index (χ1) is 13.2. The largest absolute Gasteiger partial charge is 0.277 e. The van der Waals surface area contributed by atoms with Crippen LogP contribution >= 0.6 is 0 Å². The van der Waals surface area contributed by atoms with Crippen LogP contribution in [-0.2, 0) is 10.0 Å². The second-order valence-electron chi connectivity index (χ2n) is 5.74. The molecule has 3 rings (SSSR count). The molecule has 3 aromatic rings. The average molecular weight is 406 g/mol. The summed E-state index contributed by atoms with van der Waals surface area (Å²) >= 11 is 0. The van der Waals surface area contributed by atoms with E-state index in [4.69, 9.17) is 5.14 Å². The molecular formula is C19H13F3N2O3S. The van der Waals surface area contributed by atoms with Crippen molar-refractivity contribution in [2.45, 2.75) is 4.90 Å². The molecule has 0 radical (unpaired) electrons. The molecule has 0 aromatic heterocycles. The van der Waals surface area contributed by atoms with Crippen molar-refractivity contribution in [1.82, 2.24) is 0 Å². The van der Waals surface area contributed by atoms with E-state index in [1.54, 1.807) is 18.2 Å². The van der Waals surface area contributed by atoms with Gasteiger partial charge in [-0.05, 0) is 36.4 Å². The Bertz CT molecular complexity index is 1150. The van der Waals surface area contributed by atoms with E-state index < -0.39 is 43.8 Å². The van der Waals surface area contributed by atoms with Crippen LogP contribution in [0.4, 0.5) is 24.5 Å². The van der Waals surface area contributed by atoms with Gasteiger partial charge in [0.2, 0.25) is 10.0 Å². The number of nitrogens with zero attached hydrogens (tertiary/aromatic N) is 1. The molecule has 0 aliphatic heterocycles. The summed E-state index contributed by atoms with van der Waals surface area (Å²) in [6.45, 7) is 0. The summed E-state index contributed by atoms with van der Waals surface area (Å²) < 4.78 is 64.9. The Kier molecular flexibility index (Phi) is 5.21. The lowest BCUT2D eigenvalue weighted by molar-refractivity contribution is 0.0995. The number of primary sulfonamides is 1. The summed E-state index contributed by atoms with van der Waals surface area (Å²) in [5, 5.41) is 4.98. The number of amides is 1. The molecule has 2 N–H and O–H groups in total. The fraction of sp³-hybridized carbons (Fsp3) is 0. The smallest absolute Gasteiger partial charge is 0.265 e. The molecule has 1 amide bonds. The summed E-state index contributed by atoms with van der Waals surface area (Å²) in [5.74, 6) is -4.64. The molecule has 0 saturated carbocycles. The van der Waals surface area contributed by atoms with Crippen LogP contribution in [0.1, 0.15) is 10.4 Å². The Morgan fingerprint density at radius 1 is 0.821 bits per heavy atom. The van der Waals surface area contributed by atoms with E-state index in [2.05, 4.69) is 0 Å². The second-order valence-corrected chi connectivity index (χ2v) is 7.27. The molecule has 3 aromatic carbocycles. The van der Waals surface area contributed by atoms with Crippen LogP contribution in [0.15, 0.2) is 71.6 Å². The first kappa shape index (κ1) is 19.6. The van der Waals surface area contributed by atoms with Crippen LogP contribution in [0, 0.1) is 17.5 Å². The predicted molar refractivity (Wildman–Crippen MR) is 97.0 cm³/mol. The maximum absolute atomic E-state index is 14.7. The number of benzene rings is 3. The zero-order valence-corrected chi connectivity index (χ0v) is 15.0. The molecule has 0 atom stereocenters. The van der Waals surface area contributed by atoms with E-state index in [0.717, 1.165) is 41.3 Å². The highest BCUT2D eigenvalue weighted by molar-refractivity contribution is 7.89. The SMILES string of the molecule is NS(=O)(=O)c1cccc(C(=O)N(c2ccccc2)c2ccc(F)c(F)c2)c1F. The normalized spacial score (nSPS) is 11.3. The Balaban J connectivity index is 2.19. The van der Waals surface area contributed by atoms with Crippen LogP contribution < -0.4 is 10.0 Å². The van der Waals surface area contributed by atoms with Crippen molar-refractivity contribution in [2.75, 3.05) is 4.90 Å². The number of carbonyl (C=O) groups excluding carboxylic acids is 1. The number of hydrogen-bond acceptors (Lipinski definition) is 3. The van der Waals surface area contributed by atoms with Gasteiger partial charge in [-0.1, -0.05) is 24.3 Å². The van der Waals surface area contributed by atoms with Gasteiger partial charge >= 0.3 is 0 Å². The first-order valence-electron chi connectivity index (χ1n) is 7.86. The van der Waals surface area contributed by atoms with Gasteiger partial charge in [0, 0.05) is 11.8 Å². The summed E-state index contributed by atoms with van der Waals surface area (Å²) in [6.07, 6.45) is 0. The molecule has 0 spiro atoms. The first-order valence-corrected chi connectivity index (χ1v) is 9.40. The highest BCUT2D eigenvalue weighted by Crippen LogP contribution is 2.30. The highest BCUT2D eigenvalue weighted by Gasteiger charge is 2.27. The zero-order chi connectivity index (χ0) is 20.5. The number of hydrogen-bond donors (Lipinski definition) is 1. The van der Waals surface area contributed by atoms with Gasteiger partial charge < -0.3 is 0 Å². The van der Waals surface area contributed by atoms with E-state index in [1.807, 2.05) is 0 Å². The van der Waals surface area contributed by atoms with Crippen molar-refractivity contribution in [1.29, 1.82) is 0 Å². The number of rotatable bonds is 4. The number of anilines is 2. The maximum atomic E-state index is 14.7. The van der Waals surface area contributed by atoms with Gasteiger partial charge in [-0.2, -0.15) is 0 Å². The predicted octanol–water partition coefficient (Wildman–Crippen LogP) is 3.73. The lowest BCUT2D eigenvalue weighted by atomic mass is 10.1. The molecular weight excluding hydrogens is 393 g/mol. The minimum Gasteiger partial charge on any atom is -0.277 e. The summed E-state index contributed by atoms with van der Waals surface area (Å²) in [4.78, 5) is 13.2. The zero-order valence-electron chi connectivity index (χ0n) is 14.1. The van der Waals surface area contributed by atoms with Crippen molar-refractivity contribution >= 4 is 27.3 Å². The highest BCUT2D eigenvalue weighted by atomic mass is 32.2. The fourth-order valence-corrected chi connectivity index (χ4v) is 3.23. The molecule has 0 unspecified atom stereocenters. The Labute approximate surface area is 158 Å². The lowest BCUT2D eigenvalue weighted by Crippen LogP contribution is -2.28. The van der Waals surface area contributed by atoms with Gasteiger partial charge in [0.05, 0.1) is 11.3 Å². The summed E-state index contributed by atoms with van der Waals surface area (Å²) in [6, 6.07) is 13.7. The standard InChI is InChI=1S/C19H13F3N2O3S/c20-15-10-9-13(11-16(15)21)24(12-5-2-1-3-6-12)19(25)14-7-4-8-17(18(14)22)28(23,26)27/h1-11H,(H2,23,26,27). The molecule has 0 aliphatic carbocycles. The quantitative estimate of drug-likeness (QED) is 0.717. The molecule has 0 fully saturated rings.